The molecule has 1 amide bonds. The van der Waals surface area contributed by atoms with Gasteiger partial charge in [0.25, 0.3) is 5.91 Å². The number of ether oxygens (including phenoxy) is 1. The number of nitrogens with one attached hydrogen (secondary N) is 1. The highest BCUT2D eigenvalue weighted by atomic mass is 32.2. The number of sulfonamides is 1. The number of carbonyl (C=O) groups excluding carboxylic acids is 1. The first-order chi connectivity index (χ1) is 13.4. The molecule has 0 aromatic heterocycles. The number of carbonyl (C=O) groups is 1. The Hall–Kier alpha value is -2.38. The maximum absolute atomic E-state index is 12.5. The third-order valence-electron chi connectivity index (χ3n) is 4.61. The summed E-state index contributed by atoms with van der Waals surface area (Å²) in [5, 5.41) is 2.72. The van der Waals surface area contributed by atoms with E-state index in [2.05, 4.69) is 26.1 Å². The molecule has 0 atom stereocenters. The summed E-state index contributed by atoms with van der Waals surface area (Å²) >= 11 is 0. The fraction of sp³-hybridized carbons (Fsp3) is 0.409. The fourth-order valence-corrected chi connectivity index (χ4v) is 3.92. The second-order valence-electron chi connectivity index (χ2n) is 8.25. The third kappa shape index (κ3) is 6.05. The zero-order valence-electron chi connectivity index (χ0n) is 17.9. The first-order valence-electron chi connectivity index (χ1n) is 9.52. The Kier molecular flexibility index (Phi) is 7.08. The van der Waals surface area contributed by atoms with Crippen LogP contribution in [0.1, 0.15) is 40.2 Å². The first-order valence-corrected chi connectivity index (χ1v) is 11.0. The van der Waals surface area contributed by atoms with Crippen LogP contribution < -0.4 is 10.1 Å². The van der Waals surface area contributed by atoms with E-state index in [4.69, 9.17) is 4.74 Å². The van der Waals surface area contributed by atoms with Gasteiger partial charge in [-0.2, -0.15) is 4.31 Å². The van der Waals surface area contributed by atoms with Gasteiger partial charge in [-0.15, -0.1) is 0 Å². The summed E-state index contributed by atoms with van der Waals surface area (Å²) in [6.07, 6.45) is 0. The van der Waals surface area contributed by atoms with Gasteiger partial charge in [-0.1, -0.05) is 32.9 Å². The molecule has 6 nitrogen and oxygen atoms in total. The molecule has 2 rings (SSSR count). The molecular formula is C22H30N2O4S. The summed E-state index contributed by atoms with van der Waals surface area (Å²) in [7, 11) is -2.01. The van der Waals surface area contributed by atoms with Crippen LogP contribution in [0, 0.1) is 0 Å². The van der Waals surface area contributed by atoms with E-state index >= 15 is 0 Å². The quantitative estimate of drug-likeness (QED) is 0.737. The van der Waals surface area contributed by atoms with Crippen LogP contribution in [0.4, 0.5) is 5.69 Å². The highest BCUT2D eigenvalue weighted by molar-refractivity contribution is 7.89. The van der Waals surface area contributed by atoms with Gasteiger partial charge in [-0.25, -0.2) is 8.42 Å². The summed E-state index contributed by atoms with van der Waals surface area (Å²) in [4.78, 5) is 12.4. The van der Waals surface area contributed by atoms with Crippen molar-refractivity contribution in [2.45, 2.75) is 51.0 Å². The molecule has 2 aromatic rings. The number of hydrogen-bond donors (Lipinski definition) is 1. The summed E-state index contributed by atoms with van der Waals surface area (Å²) < 4.78 is 31.9. The average Bonchev–Trinajstić information content (AvgIpc) is 2.65. The van der Waals surface area contributed by atoms with Crippen molar-refractivity contribution in [2.75, 3.05) is 19.0 Å². The largest absolute Gasteiger partial charge is 0.484 e. The Morgan fingerprint density at radius 1 is 1.10 bits per heavy atom. The van der Waals surface area contributed by atoms with Gasteiger partial charge in [-0.3, -0.25) is 4.79 Å². The van der Waals surface area contributed by atoms with Crippen molar-refractivity contribution in [3.63, 3.8) is 0 Å². The predicted molar refractivity (Wildman–Crippen MR) is 116 cm³/mol. The van der Waals surface area contributed by atoms with Crippen LogP contribution in [0.3, 0.4) is 0 Å². The Morgan fingerprint density at radius 3 is 2.28 bits per heavy atom. The lowest BCUT2D eigenvalue weighted by molar-refractivity contribution is -0.118. The zero-order valence-corrected chi connectivity index (χ0v) is 18.7. The molecular weight excluding hydrogens is 388 g/mol. The summed E-state index contributed by atoms with van der Waals surface area (Å²) in [5.41, 5.74) is 1.62. The molecule has 0 aliphatic carbocycles. The smallest absolute Gasteiger partial charge is 0.262 e. The van der Waals surface area contributed by atoms with E-state index in [1.807, 2.05) is 38.1 Å². The average molecular weight is 419 g/mol. The molecule has 0 heterocycles. The van der Waals surface area contributed by atoms with Gasteiger partial charge >= 0.3 is 0 Å². The van der Waals surface area contributed by atoms with Crippen molar-refractivity contribution in [1.29, 1.82) is 0 Å². The molecule has 0 fully saturated rings. The minimum atomic E-state index is -3.55. The van der Waals surface area contributed by atoms with Crippen molar-refractivity contribution in [2.24, 2.45) is 0 Å². The summed E-state index contributed by atoms with van der Waals surface area (Å²) in [6.45, 7) is 9.82. The molecule has 0 aliphatic rings. The highest BCUT2D eigenvalue weighted by Gasteiger charge is 2.22. The second kappa shape index (κ2) is 8.97. The van der Waals surface area contributed by atoms with Crippen molar-refractivity contribution >= 4 is 21.6 Å². The van der Waals surface area contributed by atoms with Crippen LogP contribution in [-0.4, -0.2) is 38.3 Å². The van der Waals surface area contributed by atoms with Crippen LogP contribution in [0.5, 0.6) is 5.75 Å². The van der Waals surface area contributed by atoms with Crippen molar-refractivity contribution in [1.82, 2.24) is 4.31 Å². The molecule has 0 saturated carbocycles. The lowest BCUT2D eigenvalue weighted by atomic mass is 9.87. The van der Waals surface area contributed by atoms with E-state index < -0.39 is 10.0 Å². The van der Waals surface area contributed by atoms with Gasteiger partial charge < -0.3 is 10.1 Å². The minimum Gasteiger partial charge on any atom is -0.484 e. The van der Waals surface area contributed by atoms with Crippen molar-refractivity contribution in [3.8, 4) is 5.75 Å². The highest BCUT2D eigenvalue weighted by Crippen LogP contribution is 2.25. The van der Waals surface area contributed by atoms with Crippen LogP contribution in [-0.2, 0) is 20.2 Å². The molecule has 2 aromatic carbocycles. The van der Waals surface area contributed by atoms with Gasteiger partial charge in [0.05, 0.1) is 4.90 Å². The zero-order chi connectivity index (χ0) is 21.8. The lowest BCUT2D eigenvalue weighted by Gasteiger charge is -2.21. The summed E-state index contributed by atoms with van der Waals surface area (Å²) in [5.74, 6) is 0.312. The molecule has 0 aliphatic heterocycles. The van der Waals surface area contributed by atoms with E-state index in [1.165, 1.54) is 16.4 Å². The van der Waals surface area contributed by atoms with Gasteiger partial charge in [0, 0.05) is 18.8 Å². The van der Waals surface area contributed by atoms with Crippen LogP contribution in [0.25, 0.3) is 0 Å². The normalized spacial score (nSPS) is 12.3. The van der Waals surface area contributed by atoms with Gasteiger partial charge in [0.15, 0.2) is 6.61 Å². The number of amides is 1. The molecule has 29 heavy (non-hydrogen) atoms. The minimum absolute atomic E-state index is 0.00660. The number of benzene rings is 2. The molecule has 7 heteroatoms. The topological polar surface area (TPSA) is 75.7 Å². The first kappa shape index (κ1) is 22.9. The van der Waals surface area contributed by atoms with Gasteiger partial charge in [0.2, 0.25) is 10.0 Å². The van der Waals surface area contributed by atoms with Crippen LogP contribution >= 0.6 is 0 Å². The van der Waals surface area contributed by atoms with E-state index in [9.17, 15) is 13.2 Å². The number of rotatable bonds is 7. The van der Waals surface area contributed by atoms with Crippen LogP contribution in [0.15, 0.2) is 53.4 Å². The standard InChI is InChI=1S/C22H30N2O4S/c1-16(2)24(6)29(26,27)20-12-10-18(11-13-20)23-21(25)15-28-19-9-7-8-17(14-19)22(3,4)5/h7-14,16H,15H2,1-6H3,(H,23,25). The fourth-order valence-electron chi connectivity index (χ4n) is 2.55. The molecule has 0 saturated heterocycles. The Labute approximate surface area is 173 Å². The van der Waals surface area contributed by atoms with E-state index in [0.717, 1.165) is 5.56 Å². The molecule has 0 spiro atoms. The maximum atomic E-state index is 12.5. The molecule has 0 radical (unpaired) electrons. The number of nitrogens with zero attached hydrogens (tertiary/aromatic N) is 1. The van der Waals surface area contributed by atoms with Gasteiger partial charge in [0.1, 0.15) is 5.75 Å². The Morgan fingerprint density at radius 2 is 1.72 bits per heavy atom. The predicted octanol–water partition coefficient (Wildman–Crippen LogP) is 4.03. The Balaban J connectivity index is 1.98. The molecule has 1 N–H and O–H groups in total. The number of hydrogen-bond acceptors (Lipinski definition) is 4. The Bertz CT molecular complexity index is 946. The monoisotopic (exact) mass is 418 g/mol. The van der Waals surface area contributed by atoms with E-state index in [0.29, 0.717) is 11.4 Å². The van der Waals surface area contributed by atoms with Gasteiger partial charge in [-0.05, 0) is 61.2 Å². The lowest BCUT2D eigenvalue weighted by Crippen LogP contribution is -2.33. The third-order valence-corrected chi connectivity index (χ3v) is 6.66. The molecule has 158 valence electrons. The second-order valence-corrected chi connectivity index (χ2v) is 10.3. The molecule has 0 unspecified atom stereocenters. The van der Waals surface area contributed by atoms with E-state index in [-0.39, 0.29) is 28.9 Å². The summed E-state index contributed by atoms with van der Waals surface area (Å²) in [6, 6.07) is 13.6. The van der Waals surface area contributed by atoms with Crippen molar-refractivity contribution in [3.05, 3.63) is 54.1 Å². The molecule has 0 bridgehead atoms. The van der Waals surface area contributed by atoms with E-state index in [1.54, 1.807) is 19.2 Å². The maximum Gasteiger partial charge on any atom is 0.262 e. The van der Waals surface area contributed by atoms with Crippen molar-refractivity contribution < 1.29 is 17.9 Å². The van der Waals surface area contributed by atoms with Crippen LogP contribution in [0.2, 0.25) is 0 Å². The number of anilines is 1. The SMILES string of the molecule is CC(C)N(C)S(=O)(=O)c1ccc(NC(=O)COc2cccc(C(C)(C)C)c2)cc1.